The van der Waals surface area contributed by atoms with Crippen LogP contribution >= 0.6 is 0 Å². The van der Waals surface area contributed by atoms with Crippen LogP contribution in [0.1, 0.15) is 36.9 Å². The van der Waals surface area contributed by atoms with E-state index in [1.165, 1.54) is 5.56 Å². The Labute approximate surface area is 152 Å². The lowest BCUT2D eigenvalue weighted by atomic mass is 9.86. The van der Waals surface area contributed by atoms with Gasteiger partial charge in [0, 0.05) is 17.8 Å². The molecule has 2 amide bonds. The Hall–Kier alpha value is -2.83. The molecule has 1 fully saturated rings. The highest BCUT2D eigenvalue weighted by Gasteiger charge is 2.26. The van der Waals surface area contributed by atoms with Gasteiger partial charge in [-0.3, -0.25) is 10.1 Å². The molecule has 7 nitrogen and oxygen atoms in total. The summed E-state index contributed by atoms with van der Waals surface area (Å²) in [6.45, 7) is 3.96. The highest BCUT2D eigenvalue weighted by Crippen LogP contribution is 2.24. The van der Waals surface area contributed by atoms with Crippen LogP contribution in [0.3, 0.4) is 0 Å². The van der Waals surface area contributed by atoms with Gasteiger partial charge in [-0.2, -0.15) is 0 Å². The first-order valence-electron chi connectivity index (χ1n) is 8.86. The number of benzene rings is 1. The number of anilines is 1. The fourth-order valence-electron chi connectivity index (χ4n) is 3.31. The van der Waals surface area contributed by atoms with E-state index in [9.17, 15) is 9.59 Å². The van der Waals surface area contributed by atoms with Crippen molar-refractivity contribution >= 4 is 17.8 Å². The fourth-order valence-corrected chi connectivity index (χ4v) is 3.31. The van der Waals surface area contributed by atoms with Gasteiger partial charge in [-0.1, -0.05) is 17.7 Å². The third-order valence-corrected chi connectivity index (χ3v) is 4.82. The topological polar surface area (TPSA) is 96.3 Å². The SMILES string of the molecule is Cc1ccc(-n2nc(NC(=O)NC3CCC(C(=O)O)CC3)cc2C)cc1. The molecule has 1 aromatic carbocycles. The molecule has 1 aliphatic carbocycles. The lowest BCUT2D eigenvalue weighted by Crippen LogP contribution is -2.41. The Morgan fingerprint density at radius 1 is 1.12 bits per heavy atom. The number of carboxylic acids is 1. The lowest BCUT2D eigenvalue weighted by molar-refractivity contribution is -0.142. The molecule has 3 N–H and O–H groups in total. The molecule has 2 aromatic rings. The lowest BCUT2D eigenvalue weighted by Gasteiger charge is -2.26. The van der Waals surface area contributed by atoms with Crippen LogP contribution < -0.4 is 10.6 Å². The van der Waals surface area contributed by atoms with Crippen molar-refractivity contribution in [1.29, 1.82) is 0 Å². The molecular weight excluding hydrogens is 332 g/mol. The normalized spacial score (nSPS) is 19.8. The van der Waals surface area contributed by atoms with E-state index in [2.05, 4.69) is 15.7 Å². The minimum atomic E-state index is -0.745. The van der Waals surface area contributed by atoms with Gasteiger partial charge in [-0.05, 0) is 51.7 Å². The van der Waals surface area contributed by atoms with Gasteiger partial charge in [-0.25, -0.2) is 9.48 Å². The maximum Gasteiger partial charge on any atom is 0.320 e. The molecule has 0 radical (unpaired) electrons. The number of rotatable bonds is 4. The first-order chi connectivity index (χ1) is 12.4. The second kappa shape index (κ2) is 7.59. The fraction of sp³-hybridized carbons (Fsp3) is 0.421. The van der Waals surface area contributed by atoms with E-state index in [0.29, 0.717) is 31.5 Å². The third kappa shape index (κ3) is 4.22. The molecule has 1 heterocycles. The maximum atomic E-state index is 12.2. The number of nitrogens with zero attached hydrogens (tertiary/aromatic N) is 2. The molecule has 0 bridgehead atoms. The summed E-state index contributed by atoms with van der Waals surface area (Å²) >= 11 is 0. The van der Waals surface area contributed by atoms with Gasteiger partial charge in [0.25, 0.3) is 0 Å². The number of aliphatic carboxylic acids is 1. The molecule has 0 unspecified atom stereocenters. The summed E-state index contributed by atoms with van der Waals surface area (Å²) in [6, 6.07) is 9.53. The molecule has 1 saturated carbocycles. The van der Waals surface area contributed by atoms with Crippen LogP contribution in [0.2, 0.25) is 0 Å². The summed E-state index contributed by atoms with van der Waals surface area (Å²) in [6.07, 6.45) is 2.56. The van der Waals surface area contributed by atoms with Gasteiger partial charge >= 0.3 is 12.0 Å². The van der Waals surface area contributed by atoms with Crippen molar-refractivity contribution in [2.24, 2.45) is 5.92 Å². The van der Waals surface area contributed by atoms with Gasteiger partial charge < -0.3 is 10.4 Å². The van der Waals surface area contributed by atoms with Gasteiger partial charge in [0.05, 0.1) is 11.6 Å². The third-order valence-electron chi connectivity index (χ3n) is 4.82. The van der Waals surface area contributed by atoms with E-state index in [-0.39, 0.29) is 18.0 Å². The average molecular weight is 356 g/mol. The van der Waals surface area contributed by atoms with Crippen molar-refractivity contribution < 1.29 is 14.7 Å². The second-order valence-corrected chi connectivity index (χ2v) is 6.90. The van der Waals surface area contributed by atoms with Gasteiger partial charge in [0.15, 0.2) is 5.82 Å². The summed E-state index contributed by atoms with van der Waals surface area (Å²) in [5, 5.41) is 19.2. The minimum Gasteiger partial charge on any atom is -0.481 e. The highest BCUT2D eigenvalue weighted by molar-refractivity contribution is 5.88. The zero-order valence-corrected chi connectivity index (χ0v) is 15.0. The zero-order chi connectivity index (χ0) is 18.7. The highest BCUT2D eigenvalue weighted by atomic mass is 16.4. The van der Waals surface area contributed by atoms with Crippen LogP contribution in [-0.2, 0) is 4.79 Å². The van der Waals surface area contributed by atoms with Crippen molar-refractivity contribution in [1.82, 2.24) is 15.1 Å². The molecule has 7 heteroatoms. The van der Waals surface area contributed by atoms with Crippen LogP contribution in [0.4, 0.5) is 10.6 Å². The molecule has 26 heavy (non-hydrogen) atoms. The number of hydrogen-bond donors (Lipinski definition) is 3. The van der Waals surface area contributed by atoms with E-state index in [0.717, 1.165) is 11.4 Å². The molecular formula is C19H24N4O3. The van der Waals surface area contributed by atoms with Gasteiger partial charge in [-0.15, -0.1) is 5.10 Å². The number of carbonyl (C=O) groups excluding carboxylic acids is 1. The molecule has 0 aliphatic heterocycles. The summed E-state index contributed by atoms with van der Waals surface area (Å²) < 4.78 is 1.78. The average Bonchev–Trinajstić information content (AvgIpc) is 2.96. The van der Waals surface area contributed by atoms with E-state index in [1.807, 2.05) is 44.2 Å². The number of carboxylic acid groups (broad SMARTS) is 1. The molecule has 1 aliphatic rings. The summed E-state index contributed by atoms with van der Waals surface area (Å²) in [4.78, 5) is 23.2. The Bertz CT molecular complexity index is 790. The molecule has 3 rings (SSSR count). The van der Waals surface area contributed by atoms with Gasteiger partial charge in [0.2, 0.25) is 0 Å². The molecule has 138 valence electrons. The number of nitrogens with one attached hydrogen (secondary N) is 2. The monoisotopic (exact) mass is 356 g/mol. The van der Waals surface area contributed by atoms with Crippen molar-refractivity contribution in [3.63, 3.8) is 0 Å². The molecule has 0 atom stereocenters. The standard InChI is InChI=1S/C19H24N4O3/c1-12-3-9-16(10-4-12)23-13(2)11-17(22-23)21-19(26)20-15-7-5-14(6-8-15)18(24)25/h3-4,9-11,14-15H,5-8H2,1-2H3,(H,24,25)(H2,20,21,22,26). The Morgan fingerprint density at radius 2 is 1.77 bits per heavy atom. The maximum absolute atomic E-state index is 12.2. The Kier molecular flexibility index (Phi) is 5.25. The van der Waals surface area contributed by atoms with Crippen LogP contribution in [0, 0.1) is 19.8 Å². The van der Waals surface area contributed by atoms with Crippen LogP contribution in [0.15, 0.2) is 30.3 Å². The van der Waals surface area contributed by atoms with Crippen molar-refractivity contribution in [3.05, 3.63) is 41.6 Å². The Morgan fingerprint density at radius 3 is 2.38 bits per heavy atom. The quantitative estimate of drug-likeness (QED) is 0.783. The number of carbonyl (C=O) groups is 2. The predicted octanol–water partition coefficient (Wildman–Crippen LogP) is 3.25. The van der Waals surface area contributed by atoms with Crippen LogP contribution in [-0.4, -0.2) is 32.9 Å². The van der Waals surface area contributed by atoms with E-state index in [1.54, 1.807) is 4.68 Å². The minimum absolute atomic E-state index is 0.00545. The van der Waals surface area contributed by atoms with E-state index in [4.69, 9.17) is 5.11 Å². The summed E-state index contributed by atoms with van der Waals surface area (Å²) in [7, 11) is 0. The van der Waals surface area contributed by atoms with Crippen molar-refractivity contribution in [2.45, 2.75) is 45.6 Å². The van der Waals surface area contributed by atoms with Gasteiger partial charge in [0.1, 0.15) is 0 Å². The number of hydrogen-bond acceptors (Lipinski definition) is 3. The van der Waals surface area contributed by atoms with E-state index < -0.39 is 5.97 Å². The first kappa shape index (κ1) is 18.0. The van der Waals surface area contributed by atoms with Crippen molar-refractivity contribution in [2.75, 3.05) is 5.32 Å². The molecule has 0 spiro atoms. The second-order valence-electron chi connectivity index (χ2n) is 6.90. The van der Waals surface area contributed by atoms with Crippen LogP contribution in [0.25, 0.3) is 5.69 Å². The number of aryl methyl sites for hydroxylation is 2. The van der Waals surface area contributed by atoms with E-state index >= 15 is 0 Å². The smallest absolute Gasteiger partial charge is 0.320 e. The molecule has 0 saturated heterocycles. The summed E-state index contributed by atoms with van der Waals surface area (Å²) in [5.41, 5.74) is 3.04. The zero-order valence-electron chi connectivity index (χ0n) is 15.0. The molecule has 1 aromatic heterocycles. The van der Waals surface area contributed by atoms with Crippen LogP contribution in [0.5, 0.6) is 0 Å². The van der Waals surface area contributed by atoms with Crippen molar-refractivity contribution in [3.8, 4) is 5.69 Å². The number of amides is 2. The largest absolute Gasteiger partial charge is 0.481 e. The Balaban J connectivity index is 1.58. The predicted molar refractivity (Wildman–Crippen MR) is 98.6 cm³/mol. The first-order valence-corrected chi connectivity index (χ1v) is 8.86. The number of aromatic nitrogens is 2. The summed E-state index contributed by atoms with van der Waals surface area (Å²) in [5.74, 6) is -0.547. The number of urea groups is 1.